The zero-order valence-electron chi connectivity index (χ0n) is 11.5. The molecule has 0 aromatic carbocycles. The van der Waals surface area contributed by atoms with Crippen molar-refractivity contribution in [2.75, 3.05) is 13.1 Å². The Bertz CT molecular complexity index is 402. The van der Waals surface area contributed by atoms with E-state index in [0.717, 1.165) is 0 Å². The zero-order valence-corrected chi connectivity index (χ0v) is 11.5. The van der Waals surface area contributed by atoms with E-state index in [1.165, 1.54) is 4.90 Å². The van der Waals surface area contributed by atoms with Crippen LogP contribution in [-0.4, -0.2) is 52.2 Å². The van der Waals surface area contributed by atoms with Crippen LogP contribution in [0.5, 0.6) is 0 Å². The Hall–Kier alpha value is -2.30. The van der Waals surface area contributed by atoms with E-state index in [-0.39, 0.29) is 18.9 Å². The molecule has 0 heterocycles. The highest BCUT2D eigenvalue weighted by molar-refractivity contribution is 5.86. The van der Waals surface area contributed by atoms with Crippen molar-refractivity contribution >= 4 is 18.0 Å². The van der Waals surface area contributed by atoms with Crippen LogP contribution in [0, 0.1) is 17.2 Å². The molecule has 0 bridgehead atoms. The summed E-state index contributed by atoms with van der Waals surface area (Å²) in [6, 6.07) is -0.265. The summed E-state index contributed by atoms with van der Waals surface area (Å²) < 4.78 is 0. The number of carbonyl (C=O) groups is 3. The Morgan fingerprint density at radius 3 is 2.30 bits per heavy atom. The van der Waals surface area contributed by atoms with Crippen molar-refractivity contribution in [1.29, 1.82) is 5.26 Å². The average Bonchev–Trinajstić information content (AvgIpc) is 2.32. The van der Waals surface area contributed by atoms with E-state index in [2.05, 4.69) is 5.32 Å². The lowest BCUT2D eigenvalue weighted by Gasteiger charge is -2.25. The SMILES string of the molecule is CC(C)CN(CCC#N)C(=O)N[C@@H](CC(=O)O)C(=O)O. The first kappa shape index (κ1) is 17.7. The van der Waals surface area contributed by atoms with Crippen LogP contribution in [0.1, 0.15) is 26.7 Å². The van der Waals surface area contributed by atoms with Crippen LogP contribution in [0.15, 0.2) is 0 Å². The molecule has 0 aromatic rings. The first-order chi connectivity index (χ1) is 9.27. The predicted octanol–water partition coefficient (Wildman–Crippen LogP) is 0.496. The minimum atomic E-state index is -1.49. The number of nitrogens with zero attached hydrogens (tertiary/aromatic N) is 2. The molecule has 0 fully saturated rings. The van der Waals surface area contributed by atoms with E-state index in [4.69, 9.17) is 15.5 Å². The van der Waals surface area contributed by atoms with Gasteiger partial charge < -0.3 is 20.4 Å². The number of carboxylic acid groups (broad SMARTS) is 2. The van der Waals surface area contributed by atoms with Gasteiger partial charge in [0.25, 0.3) is 0 Å². The van der Waals surface area contributed by atoms with Gasteiger partial charge in [0.1, 0.15) is 6.04 Å². The van der Waals surface area contributed by atoms with Crippen LogP contribution in [0.4, 0.5) is 4.79 Å². The number of urea groups is 1. The van der Waals surface area contributed by atoms with E-state index in [9.17, 15) is 14.4 Å². The molecule has 0 saturated heterocycles. The van der Waals surface area contributed by atoms with Crippen molar-refractivity contribution in [2.24, 2.45) is 5.92 Å². The quantitative estimate of drug-likeness (QED) is 0.595. The molecule has 0 aliphatic heterocycles. The Morgan fingerprint density at radius 1 is 1.30 bits per heavy atom. The Morgan fingerprint density at radius 2 is 1.90 bits per heavy atom. The topological polar surface area (TPSA) is 131 Å². The molecule has 8 heteroatoms. The van der Waals surface area contributed by atoms with Crippen molar-refractivity contribution in [2.45, 2.75) is 32.7 Å². The van der Waals surface area contributed by atoms with Gasteiger partial charge in [0.05, 0.1) is 18.9 Å². The highest BCUT2D eigenvalue weighted by Crippen LogP contribution is 2.02. The third kappa shape index (κ3) is 7.20. The first-order valence-electron chi connectivity index (χ1n) is 6.14. The lowest BCUT2D eigenvalue weighted by Crippen LogP contribution is -2.49. The van der Waals surface area contributed by atoms with Crippen LogP contribution in [0.2, 0.25) is 0 Å². The van der Waals surface area contributed by atoms with Gasteiger partial charge in [-0.3, -0.25) is 4.79 Å². The fourth-order valence-electron chi connectivity index (χ4n) is 1.52. The summed E-state index contributed by atoms with van der Waals surface area (Å²) in [6.45, 7) is 4.27. The van der Waals surface area contributed by atoms with Gasteiger partial charge in [0, 0.05) is 13.1 Å². The molecule has 0 aliphatic rings. The summed E-state index contributed by atoms with van der Waals surface area (Å²) in [5.74, 6) is -2.59. The molecule has 112 valence electrons. The summed E-state index contributed by atoms with van der Waals surface area (Å²) in [5.41, 5.74) is 0. The molecule has 0 unspecified atom stereocenters. The van der Waals surface area contributed by atoms with Gasteiger partial charge in [-0.15, -0.1) is 0 Å². The van der Waals surface area contributed by atoms with Crippen molar-refractivity contribution in [3.05, 3.63) is 0 Å². The number of carboxylic acids is 2. The van der Waals surface area contributed by atoms with Gasteiger partial charge in [-0.25, -0.2) is 9.59 Å². The summed E-state index contributed by atoms with van der Waals surface area (Å²) in [6.07, 6.45) is -0.578. The van der Waals surface area contributed by atoms with Gasteiger partial charge in [0.2, 0.25) is 0 Å². The second-order valence-corrected chi connectivity index (χ2v) is 4.69. The van der Waals surface area contributed by atoms with Crippen molar-refractivity contribution in [3.63, 3.8) is 0 Å². The van der Waals surface area contributed by atoms with Crippen molar-refractivity contribution in [3.8, 4) is 6.07 Å². The highest BCUT2D eigenvalue weighted by atomic mass is 16.4. The average molecular weight is 285 g/mol. The number of hydrogen-bond acceptors (Lipinski definition) is 4. The number of aliphatic carboxylic acids is 2. The van der Waals surface area contributed by atoms with E-state index < -0.39 is 30.4 Å². The standard InChI is InChI=1S/C12H19N3O5/c1-8(2)7-15(5-3-4-13)12(20)14-9(11(18)19)6-10(16)17/h8-9H,3,5-7H2,1-2H3,(H,14,20)(H,16,17)(H,18,19)/t9-/m0/s1. The number of rotatable bonds is 8. The summed E-state index contributed by atoms with van der Waals surface area (Å²) >= 11 is 0. The molecule has 3 N–H and O–H groups in total. The van der Waals surface area contributed by atoms with Gasteiger partial charge in [-0.2, -0.15) is 5.26 Å². The molecule has 8 nitrogen and oxygen atoms in total. The van der Waals surface area contributed by atoms with Gasteiger partial charge in [-0.1, -0.05) is 13.8 Å². The maximum atomic E-state index is 11.9. The maximum absolute atomic E-state index is 11.9. The van der Waals surface area contributed by atoms with Crippen LogP contribution in [-0.2, 0) is 9.59 Å². The van der Waals surface area contributed by atoms with E-state index in [0.29, 0.717) is 6.54 Å². The van der Waals surface area contributed by atoms with Crippen molar-refractivity contribution in [1.82, 2.24) is 10.2 Å². The molecular formula is C12H19N3O5. The number of nitriles is 1. The third-order valence-corrected chi connectivity index (χ3v) is 2.34. The van der Waals surface area contributed by atoms with Crippen LogP contribution < -0.4 is 5.32 Å². The number of amides is 2. The minimum Gasteiger partial charge on any atom is -0.481 e. The second kappa shape index (κ2) is 8.74. The lowest BCUT2D eigenvalue weighted by atomic mass is 10.2. The van der Waals surface area contributed by atoms with Crippen LogP contribution in [0.3, 0.4) is 0 Å². The van der Waals surface area contributed by atoms with Gasteiger partial charge >= 0.3 is 18.0 Å². The number of nitrogens with one attached hydrogen (secondary N) is 1. The normalized spacial score (nSPS) is 11.5. The van der Waals surface area contributed by atoms with E-state index in [1.54, 1.807) is 0 Å². The monoisotopic (exact) mass is 285 g/mol. The molecule has 0 saturated carbocycles. The lowest BCUT2D eigenvalue weighted by molar-refractivity contribution is -0.145. The van der Waals surface area contributed by atoms with Gasteiger partial charge in [-0.05, 0) is 5.92 Å². The first-order valence-corrected chi connectivity index (χ1v) is 6.14. The van der Waals surface area contributed by atoms with E-state index >= 15 is 0 Å². The minimum absolute atomic E-state index is 0.122. The fourth-order valence-corrected chi connectivity index (χ4v) is 1.52. The molecule has 1 atom stereocenters. The predicted molar refractivity (Wildman–Crippen MR) is 68.8 cm³/mol. The molecule has 0 aromatic heterocycles. The Kier molecular flexibility index (Phi) is 7.74. The summed E-state index contributed by atoms with van der Waals surface area (Å²) in [5, 5.41) is 28.2. The molecule has 20 heavy (non-hydrogen) atoms. The van der Waals surface area contributed by atoms with E-state index in [1.807, 2.05) is 19.9 Å². The zero-order chi connectivity index (χ0) is 15.7. The summed E-state index contributed by atoms with van der Waals surface area (Å²) in [7, 11) is 0. The molecular weight excluding hydrogens is 266 g/mol. The summed E-state index contributed by atoms with van der Waals surface area (Å²) in [4.78, 5) is 34.7. The number of hydrogen-bond donors (Lipinski definition) is 3. The largest absolute Gasteiger partial charge is 0.481 e. The third-order valence-electron chi connectivity index (χ3n) is 2.34. The fraction of sp³-hybridized carbons (Fsp3) is 0.667. The Balaban J connectivity index is 4.73. The molecule has 0 spiro atoms. The Labute approximate surface area is 117 Å². The molecule has 2 amide bonds. The highest BCUT2D eigenvalue weighted by Gasteiger charge is 2.25. The van der Waals surface area contributed by atoms with Crippen molar-refractivity contribution < 1.29 is 24.6 Å². The maximum Gasteiger partial charge on any atom is 0.326 e. The molecule has 0 radical (unpaired) electrons. The van der Waals surface area contributed by atoms with Crippen LogP contribution in [0.25, 0.3) is 0 Å². The van der Waals surface area contributed by atoms with Gasteiger partial charge in [0.15, 0.2) is 0 Å². The molecule has 0 aliphatic carbocycles. The smallest absolute Gasteiger partial charge is 0.326 e. The second-order valence-electron chi connectivity index (χ2n) is 4.69. The van der Waals surface area contributed by atoms with Crippen LogP contribution >= 0.6 is 0 Å². The number of carbonyl (C=O) groups excluding carboxylic acids is 1. The molecule has 0 rings (SSSR count).